The lowest BCUT2D eigenvalue weighted by Crippen LogP contribution is -2.10. The molecule has 0 saturated heterocycles. The molecule has 1 rings (SSSR count). The van der Waals surface area contributed by atoms with Crippen molar-refractivity contribution in [2.24, 2.45) is 11.3 Å². The summed E-state index contributed by atoms with van der Waals surface area (Å²) in [6.07, 6.45) is 2.12. The Morgan fingerprint density at radius 1 is 1.64 bits per heavy atom. The van der Waals surface area contributed by atoms with E-state index in [1.165, 1.54) is 0 Å². The van der Waals surface area contributed by atoms with Crippen molar-refractivity contribution in [3.05, 3.63) is 11.8 Å². The standard InChI is InChI=1S/C9H16O2/c1-7(2)9(3)6-8(9)11-5-4-10/h6-7,10H,4-5H2,1-3H3. The highest BCUT2D eigenvalue weighted by molar-refractivity contribution is 5.33. The van der Waals surface area contributed by atoms with Crippen LogP contribution >= 0.6 is 0 Å². The zero-order chi connectivity index (χ0) is 8.48. The summed E-state index contributed by atoms with van der Waals surface area (Å²) in [4.78, 5) is 0. The molecule has 0 fully saturated rings. The van der Waals surface area contributed by atoms with Gasteiger partial charge in [0.25, 0.3) is 0 Å². The topological polar surface area (TPSA) is 29.5 Å². The van der Waals surface area contributed by atoms with Crippen molar-refractivity contribution in [2.45, 2.75) is 20.8 Å². The molecule has 1 aliphatic carbocycles. The van der Waals surface area contributed by atoms with E-state index in [0.29, 0.717) is 12.5 Å². The van der Waals surface area contributed by atoms with Gasteiger partial charge in [0.1, 0.15) is 12.4 Å². The van der Waals surface area contributed by atoms with Crippen molar-refractivity contribution < 1.29 is 9.84 Å². The maximum atomic E-state index is 8.50. The van der Waals surface area contributed by atoms with E-state index in [1.807, 2.05) is 0 Å². The minimum Gasteiger partial charge on any atom is -0.495 e. The molecule has 64 valence electrons. The first-order valence-corrected chi connectivity index (χ1v) is 4.08. The normalized spacial score (nSPS) is 28.6. The minimum absolute atomic E-state index is 0.103. The van der Waals surface area contributed by atoms with Crippen LogP contribution in [0.25, 0.3) is 0 Å². The Kier molecular flexibility index (Phi) is 2.23. The van der Waals surface area contributed by atoms with Crippen LogP contribution in [0.2, 0.25) is 0 Å². The molecule has 0 aliphatic heterocycles. The number of allylic oxidation sites excluding steroid dienone is 2. The van der Waals surface area contributed by atoms with E-state index in [0.717, 1.165) is 5.76 Å². The predicted molar refractivity (Wildman–Crippen MR) is 44.1 cm³/mol. The summed E-state index contributed by atoms with van der Waals surface area (Å²) < 4.78 is 5.29. The maximum absolute atomic E-state index is 8.50. The molecule has 1 N–H and O–H groups in total. The fourth-order valence-corrected chi connectivity index (χ4v) is 1.04. The lowest BCUT2D eigenvalue weighted by Gasteiger charge is -2.16. The van der Waals surface area contributed by atoms with Crippen molar-refractivity contribution in [1.29, 1.82) is 0 Å². The molecule has 0 radical (unpaired) electrons. The molecule has 0 aromatic carbocycles. The first-order valence-electron chi connectivity index (χ1n) is 4.08. The summed E-state index contributed by atoms with van der Waals surface area (Å²) >= 11 is 0. The van der Waals surface area contributed by atoms with Crippen molar-refractivity contribution in [3.8, 4) is 0 Å². The van der Waals surface area contributed by atoms with E-state index in [4.69, 9.17) is 9.84 Å². The Labute approximate surface area is 67.9 Å². The van der Waals surface area contributed by atoms with Crippen LogP contribution in [0.3, 0.4) is 0 Å². The molecule has 0 saturated carbocycles. The van der Waals surface area contributed by atoms with Gasteiger partial charge >= 0.3 is 0 Å². The van der Waals surface area contributed by atoms with Crippen LogP contribution in [-0.2, 0) is 4.74 Å². The molecule has 1 unspecified atom stereocenters. The Bertz CT molecular complexity index is 172. The molecule has 0 amide bonds. The lowest BCUT2D eigenvalue weighted by atomic mass is 9.92. The molecule has 2 heteroatoms. The van der Waals surface area contributed by atoms with Gasteiger partial charge < -0.3 is 9.84 Å². The third-order valence-electron chi connectivity index (χ3n) is 2.43. The van der Waals surface area contributed by atoms with E-state index < -0.39 is 0 Å². The Hall–Kier alpha value is -0.500. The minimum atomic E-state index is 0.103. The van der Waals surface area contributed by atoms with Gasteiger partial charge in [-0.25, -0.2) is 0 Å². The number of aliphatic hydroxyl groups excluding tert-OH is 1. The molecule has 11 heavy (non-hydrogen) atoms. The van der Waals surface area contributed by atoms with Gasteiger partial charge in [0, 0.05) is 5.41 Å². The van der Waals surface area contributed by atoms with E-state index in [2.05, 4.69) is 26.8 Å². The summed E-state index contributed by atoms with van der Waals surface area (Å²) in [5.74, 6) is 1.64. The number of hydrogen-bond acceptors (Lipinski definition) is 2. The maximum Gasteiger partial charge on any atom is 0.111 e. The SMILES string of the molecule is CC(C)C1(C)C=C1OCCO. The largest absolute Gasteiger partial charge is 0.495 e. The van der Waals surface area contributed by atoms with E-state index >= 15 is 0 Å². The quantitative estimate of drug-likeness (QED) is 0.669. The predicted octanol–water partition coefficient (Wildman–Crippen LogP) is 1.56. The first kappa shape index (κ1) is 8.60. The van der Waals surface area contributed by atoms with E-state index in [9.17, 15) is 0 Å². The van der Waals surface area contributed by atoms with Gasteiger partial charge in [-0.15, -0.1) is 0 Å². The van der Waals surface area contributed by atoms with Crippen molar-refractivity contribution in [2.75, 3.05) is 13.2 Å². The zero-order valence-electron chi connectivity index (χ0n) is 7.42. The smallest absolute Gasteiger partial charge is 0.111 e. The molecule has 0 aromatic rings. The fraction of sp³-hybridized carbons (Fsp3) is 0.778. The molecular formula is C9H16O2. The lowest BCUT2D eigenvalue weighted by molar-refractivity contribution is 0.130. The summed E-state index contributed by atoms with van der Waals surface area (Å²) in [5.41, 5.74) is 0.176. The second-order valence-electron chi connectivity index (χ2n) is 3.52. The summed E-state index contributed by atoms with van der Waals surface area (Å²) in [6.45, 7) is 7.03. The third kappa shape index (κ3) is 1.56. The van der Waals surface area contributed by atoms with Gasteiger partial charge in [0.2, 0.25) is 0 Å². The van der Waals surface area contributed by atoms with E-state index in [1.54, 1.807) is 0 Å². The monoisotopic (exact) mass is 156 g/mol. The molecule has 1 atom stereocenters. The molecule has 2 nitrogen and oxygen atoms in total. The van der Waals surface area contributed by atoms with Crippen LogP contribution in [0.4, 0.5) is 0 Å². The van der Waals surface area contributed by atoms with Gasteiger partial charge in [-0.1, -0.05) is 13.8 Å². The molecule has 0 aromatic heterocycles. The molecular weight excluding hydrogens is 140 g/mol. The fourth-order valence-electron chi connectivity index (χ4n) is 1.04. The first-order chi connectivity index (χ1) is 5.11. The van der Waals surface area contributed by atoms with Crippen LogP contribution < -0.4 is 0 Å². The van der Waals surface area contributed by atoms with Crippen LogP contribution in [-0.4, -0.2) is 18.3 Å². The Morgan fingerprint density at radius 3 is 2.64 bits per heavy atom. The summed E-state index contributed by atoms with van der Waals surface area (Å²) in [7, 11) is 0. The molecule has 0 heterocycles. The second-order valence-corrected chi connectivity index (χ2v) is 3.52. The molecule has 0 bridgehead atoms. The zero-order valence-corrected chi connectivity index (χ0v) is 7.42. The Balaban J connectivity index is 2.28. The van der Waals surface area contributed by atoms with Gasteiger partial charge in [-0.2, -0.15) is 0 Å². The van der Waals surface area contributed by atoms with Gasteiger partial charge in [0.15, 0.2) is 0 Å². The summed E-state index contributed by atoms with van der Waals surface area (Å²) in [6, 6.07) is 0. The van der Waals surface area contributed by atoms with E-state index in [-0.39, 0.29) is 12.0 Å². The number of ether oxygens (including phenoxy) is 1. The number of rotatable bonds is 4. The van der Waals surface area contributed by atoms with Crippen LogP contribution in [0.1, 0.15) is 20.8 Å². The molecule has 0 spiro atoms. The van der Waals surface area contributed by atoms with Crippen LogP contribution in [0, 0.1) is 11.3 Å². The number of hydrogen-bond donors (Lipinski definition) is 1. The molecule has 1 aliphatic rings. The second kappa shape index (κ2) is 2.86. The number of aliphatic hydroxyl groups is 1. The van der Waals surface area contributed by atoms with Crippen molar-refractivity contribution in [1.82, 2.24) is 0 Å². The van der Waals surface area contributed by atoms with Gasteiger partial charge in [-0.3, -0.25) is 0 Å². The summed E-state index contributed by atoms with van der Waals surface area (Å²) in [5, 5.41) is 8.50. The highest BCUT2D eigenvalue weighted by Gasteiger charge is 2.44. The third-order valence-corrected chi connectivity index (χ3v) is 2.43. The van der Waals surface area contributed by atoms with Gasteiger partial charge in [0.05, 0.1) is 6.61 Å². The van der Waals surface area contributed by atoms with Crippen LogP contribution in [0.5, 0.6) is 0 Å². The van der Waals surface area contributed by atoms with Crippen LogP contribution in [0.15, 0.2) is 11.8 Å². The Morgan fingerprint density at radius 2 is 2.27 bits per heavy atom. The van der Waals surface area contributed by atoms with Gasteiger partial charge in [-0.05, 0) is 18.9 Å². The average Bonchev–Trinajstić information content (AvgIpc) is 2.59. The average molecular weight is 156 g/mol. The van der Waals surface area contributed by atoms with Crippen molar-refractivity contribution in [3.63, 3.8) is 0 Å². The van der Waals surface area contributed by atoms with Crippen molar-refractivity contribution >= 4 is 0 Å². The highest BCUT2D eigenvalue weighted by atomic mass is 16.5. The highest BCUT2D eigenvalue weighted by Crippen LogP contribution is 2.50.